The zero-order valence-electron chi connectivity index (χ0n) is 15.6. The van der Waals surface area contributed by atoms with Gasteiger partial charge in [-0.2, -0.15) is 0 Å². The molecule has 1 unspecified atom stereocenters. The summed E-state index contributed by atoms with van der Waals surface area (Å²) in [6, 6.07) is 4.09. The summed E-state index contributed by atoms with van der Waals surface area (Å²) in [6.45, 7) is 5.26. The fourth-order valence-corrected chi connectivity index (χ4v) is 5.71. The quantitative estimate of drug-likeness (QED) is 0.638. The highest BCUT2D eigenvalue weighted by Gasteiger charge is 2.23. The maximum Gasteiger partial charge on any atom is 0.263 e. The van der Waals surface area contributed by atoms with Gasteiger partial charge in [-0.25, -0.2) is 4.98 Å². The first kappa shape index (κ1) is 18.4. The fourth-order valence-electron chi connectivity index (χ4n) is 3.94. The number of hydrogen-bond acceptors (Lipinski definition) is 7. The Kier molecular flexibility index (Phi) is 5.30. The molecule has 0 radical (unpaired) electrons. The molecule has 0 bridgehead atoms. The second-order valence-corrected chi connectivity index (χ2v) is 9.08. The Hall–Kier alpha value is -1.58. The minimum Gasteiger partial charge on any atom is -0.379 e. The third kappa shape index (κ3) is 3.55. The Morgan fingerprint density at radius 1 is 1.21 bits per heavy atom. The molecule has 8 heteroatoms. The average molecular weight is 418 g/mol. The van der Waals surface area contributed by atoms with Crippen molar-refractivity contribution < 1.29 is 9.47 Å². The van der Waals surface area contributed by atoms with E-state index in [1.807, 2.05) is 16.0 Å². The van der Waals surface area contributed by atoms with Crippen molar-refractivity contribution in [1.29, 1.82) is 0 Å². The molecule has 2 fully saturated rings. The highest BCUT2D eigenvalue weighted by Crippen LogP contribution is 2.34. The molecule has 5 rings (SSSR count). The Labute approximate surface area is 171 Å². The van der Waals surface area contributed by atoms with Gasteiger partial charge >= 0.3 is 0 Å². The summed E-state index contributed by atoms with van der Waals surface area (Å²) < 4.78 is 13.2. The molecule has 148 valence electrons. The van der Waals surface area contributed by atoms with Crippen LogP contribution in [0.3, 0.4) is 0 Å². The van der Waals surface area contributed by atoms with Crippen LogP contribution in [0.25, 0.3) is 20.7 Å². The monoisotopic (exact) mass is 417 g/mol. The van der Waals surface area contributed by atoms with Gasteiger partial charge in [0.2, 0.25) is 0 Å². The molecule has 28 heavy (non-hydrogen) atoms. The van der Waals surface area contributed by atoms with E-state index >= 15 is 0 Å². The van der Waals surface area contributed by atoms with Crippen molar-refractivity contribution in [2.75, 3.05) is 32.9 Å². The van der Waals surface area contributed by atoms with Crippen LogP contribution in [0, 0.1) is 0 Å². The van der Waals surface area contributed by atoms with Crippen LogP contribution in [0.1, 0.15) is 18.7 Å². The largest absolute Gasteiger partial charge is 0.379 e. The molecule has 0 aliphatic carbocycles. The molecule has 3 aromatic heterocycles. The normalized spacial score (nSPS) is 20.9. The number of aromatic nitrogens is 2. The Morgan fingerprint density at radius 2 is 2.11 bits per heavy atom. The summed E-state index contributed by atoms with van der Waals surface area (Å²) in [6.07, 6.45) is 2.17. The van der Waals surface area contributed by atoms with Gasteiger partial charge in [0, 0.05) is 35.5 Å². The molecule has 1 atom stereocenters. The first-order chi connectivity index (χ1) is 13.8. The first-order valence-corrected chi connectivity index (χ1v) is 11.5. The summed E-state index contributed by atoms with van der Waals surface area (Å²) in [5.41, 5.74) is 1.07. The zero-order chi connectivity index (χ0) is 18.9. The summed E-state index contributed by atoms with van der Waals surface area (Å²) >= 11 is 3.22. The Bertz CT molecular complexity index is 1000. The topological polar surface area (TPSA) is 56.6 Å². The van der Waals surface area contributed by atoms with E-state index in [4.69, 9.17) is 14.5 Å². The lowest BCUT2D eigenvalue weighted by atomic mass is 10.2. The van der Waals surface area contributed by atoms with Crippen LogP contribution in [0.5, 0.6) is 0 Å². The van der Waals surface area contributed by atoms with Gasteiger partial charge in [0.1, 0.15) is 10.7 Å². The summed E-state index contributed by atoms with van der Waals surface area (Å²) in [7, 11) is 0. The Balaban J connectivity index is 1.59. The maximum atomic E-state index is 13.6. The van der Waals surface area contributed by atoms with Crippen molar-refractivity contribution in [1.82, 2.24) is 14.5 Å². The lowest BCUT2D eigenvalue weighted by molar-refractivity contribution is 0.0317. The van der Waals surface area contributed by atoms with Gasteiger partial charge in [0.25, 0.3) is 5.56 Å². The van der Waals surface area contributed by atoms with Crippen LogP contribution in [0.4, 0.5) is 0 Å². The van der Waals surface area contributed by atoms with Crippen LogP contribution < -0.4 is 5.56 Å². The fraction of sp³-hybridized carbons (Fsp3) is 0.500. The molecule has 0 spiro atoms. The molecule has 2 aliphatic heterocycles. The van der Waals surface area contributed by atoms with Crippen molar-refractivity contribution in [3.05, 3.63) is 39.1 Å². The number of hydrogen-bond donors (Lipinski definition) is 0. The van der Waals surface area contributed by atoms with Crippen LogP contribution in [-0.4, -0.2) is 53.5 Å². The van der Waals surface area contributed by atoms with Gasteiger partial charge in [-0.3, -0.25) is 14.3 Å². The molecular formula is C20H23N3O3S2. The van der Waals surface area contributed by atoms with E-state index in [1.54, 1.807) is 22.7 Å². The van der Waals surface area contributed by atoms with Crippen molar-refractivity contribution >= 4 is 32.9 Å². The predicted octanol–water partition coefficient (Wildman–Crippen LogP) is 3.20. The highest BCUT2D eigenvalue weighted by molar-refractivity contribution is 7.18. The molecule has 5 heterocycles. The molecule has 3 aromatic rings. The maximum absolute atomic E-state index is 13.6. The first-order valence-electron chi connectivity index (χ1n) is 9.76. The molecule has 2 aliphatic rings. The molecule has 0 N–H and O–H groups in total. The third-order valence-electron chi connectivity index (χ3n) is 5.44. The van der Waals surface area contributed by atoms with E-state index < -0.39 is 0 Å². The van der Waals surface area contributed by atoms with E-state index in [0.717, 1.165) is 72.2 Å². The number of fused-ring (bicyclic) bond motifs is 1. The van der Waals surface area contributed by atoms with Gasteiger partial charge < -0.3 is 9.47 Å². The van der Waals surface area contributed by atoms with Crippen LogP contribution in [0.15, 0.2) is 27.7 Å². The number of rotatable bonds is 5. The molecule has 2 saturated heterocycles. The lowest BCUT2D eigenvalue weighted by Gasteiger charge is -2.27. The van der Waals surface area contributed by atoms with Gasteiger partial charge in [-0.05, 0) is 24.3 Å². The smallest absolute Gasteiger partial charge is 0.263 e. The van der Waals surface area contributed by atoms with Crippen molar-refractivity contribution in [3.63, 3.8) is 0 Å². The Morgan fingerprint density at radius 3 is 2.86 bits per heavy atom. The van der Waals surface area contributed by atoms with E-state index in [1.165, 1.54) is 0 Å². The summed E-state index contributed by atoms with van der Waals surface area (Å²) in [5, 5.41) is 4.86. The number of ether oxygens (including phenoxy) is 2. The van der Waals surface area contributed by atoms with Gasteiger partial charge in [0.15, 0.2) is 0 Å². The number of nitrogens with zero attached hydrogens (tertiary/aromatic N) is 3. The number of thiophene rings is 2. The molecule has 6 nitrogen and oxygen atoms in total. The second kappa shape index (κ2) is 8.04. The van der Waals surface area contributed by atoms with Crippen molar-refractivity contribution in [2.24, 2.45) is 0 Å². The molecule has 0 saturated carbocycles. The minimum absolute atomic E-state index is 0.0633. The van der Waals surface area contributed by atoms with E-state index in [9.17, 15) is 4.79 Å². The van der Waals surface area contributed by atoms with E-state index in [2.05, 4.69) is 16.3 Å². The van der Waals surface area contributed by atoms with Crippen LogP contribution in [0.2, 0.25) is 0 Å². The van der Waals surface area contributed by atoms with Crippen LogP contribution in [-0.2, 0) is 22.6 Å². The zero-order valence-corrected chi connectivity index (χ0v) is 17.3. The highest BCUT2D eigenvalue weighted by atomic mass is 32.1. The second-order valence-electron chi connectivity index (χ2n) is 7.27. The predicted molar refractivity (Wildman–Crippen MR) is 112 cm³/mol. The van der Waals surface area contributed by atoms with Gasteiger partial charge in [-0.15, -0.1) is 22.7 Å². The van der Waals surface area contributed by atoms with Gasteiger partial charge in [0.05, 0.1) is 37.8 Å². The lowest BCUT2D eigenvalue weighted by Crippen LogP contribution is -2.39. The van der Waals surface area contributed by atoms with Crippen molar-refractivity contribution in [3.8, 4) is 10.4 Å². The molecule has 0 amide bonds. The minimum atomic E-state index is 0.0633. The van der Waals surface area contributed by atoms with Crippen LogP contribution >= 0.6 is 22.7 Å². The molecular weight excluding hydrogens is 394 g/mol. The average Bonchev–Trinajstić information content (AvgIpc) is 3.46. The van der Waals surface area contributed by atoms with Crippen molar-refractivity contribution in [2.45, 2.75) is 32.0 Å². The molecule has 0 aromatic carbocycles. The standard InChI is InChI=1S/C20H23N3O3S2/c24-20-18-15(16-4-2-10-27-16)13-28-19(18)21-17(12-22-5-8-25-9-6-22)23(20)11-14-3-1-7-26-14/h2,4,10,13-14H,1,3,5-9,11-12H2. The van der Waals surface area contributed by atoms with Gasteiger partial charge in [-0.1, -0.05) is 6.07 Å². The third-order valence-corrected chi connectivity index (χ3v) is 7.21. The summed E-state index contributed by atoms with van der Waals surface area (Å²) in [4.78, 5) is 22.8. The number of morpholine rings is 1. The van der Waals surface area contributed by atoms with E-state index in [-0.39, 0.29) is 11.7 Å². The van der Waals surface area contributed by atoms with E-state index in [0.29, 0.717) is 13.1 Å². The SMILES string of the molecule is O=c1c2c(-c3cccs3)csc2nc(CN2CCOCC2)n1CC1CCCO1. The summed E-state index contributed by atoms with van der Waals surface area (Å²) in [5.74, 6) is 0.842.